The summed E-state index contributed by atoms with van der Waals surface area (Å²) in [6.07, 6.45) is 4.42. The molecule has 3 atom stereocenters. The summed E-state index contributed by atoms with van der Waals surface area (Å²) >= 11 is 4.87. The van der Waals surface area contributed by atoms with E-state index in [-0.39, 0.29) is 53.8 Å². The lowest BCUT2D eigenvalue weighted by atomic mass is 9.88. The molecule has 16 heteroatoms. The standard InChI is InChI=1S/C38H34BrN7O7S/c1-44-17-23(15-25(18-44)41-33-32(39)37(51)45-13-14-54-38(45)43-33)22-6-9-26(10-7-22)52-19-21-5-8-24(40-16-21)20-53-29-4-2-3-27-31(29)36(50)46(35(27)49)28-11-12-30(47)42-34(28)48/h2-10,13-14,16,23,25,28,41H,11-12,15,17-20H2,1H3,(H,42,47,48). The first kappa shape index (κ1) is 35.6. The zero-order valence-electron chi connectivity index (χ0n) is 29.0. The number of piperidine rings is 2. The van der Waals surface area contributed by atoms with Gasteiger partial charge in [0.2, 0.25) is 11.8 Å². The van der Waals surface area contributed by atoms with Crippen LogP contribution >= 0.6 is 27.3 Å². The maximum atomic E-state index is 13.3. The minimum absolute atomic E-state index is 0.0433. The van der Waals surface area contributed by atoms with Gasteiger partial charge in [-0.1, -0.05) is 24.3 Å². The summed E-state index contributed by atoms with van der Waals surface area (Å²) in [5.74, 6) is -0.541. The molecule has 3 unspecified atom stereocenters. The van der Waals surface area contributed by atoms with Gasteiger partial charge in [-0.05, 0) is 77.6 Å². The molecular formula is C38H34BrN7O7S. The lowest BCUT2D eigenvalue weighted by Gasteiger charge is -2.36. The van der Waals surface area contributed by atoms with Crippen LogP contribution in [0.5, 0.6) is 11.5 Å². The van der Waals surface area contributed by atoms with Crippen molar-refractivity contribution in [2.24, 2.45) is 0 Å². The number of fused-ring (bicyclic) bond motifs is 2. The average molecular weight is 813 g/mol. The number of imide groups is 2. The zero-order valence-corrected chi connectivity index (χ0v) is 31.4. The summed E-state index contributed by atoms with van der Waals surface area (Å²) in [6.45, 7) is 2.08. The normalized spacial score (nSPS) is 20.3. The molecule has 3 aliphatic heterocycles. The number of benzene rings is 2. The predicted octanol–water partition coefficient (Wildman–Crippen LogP) is 4.37. The zero-order chi connectivity index (χ0) is 37.5. The molecule has 0 spiro atoms. The molecule has 2 saturated heterocycles. The van der Waals surface area contributed by atoms with Crippen molar-refractivity contribution in [3.8, 4) is 11.5 Å². The number of likely N-dealkylation sites (N-methyl/N-ethyl adjacent to an activating group) is 1. The molecule has 5 aromatic rings. The number of aromatic nitrogens is 3. The number of amides is 4. The fraction of sp³-hybridized carbons (Fsp3) is 0.289. The third kappa shape index (κ3) is 6.99. The summed E-state index contributed by atoms with van der Waals surface area (Å²) in [6, 6.07) is 15.6. The van der Waals surface area contributed by atoms with E-state index in [0.717, 1.165) is 35.7 Å². The van der Waals surface area contributed by atoms with Crippen LogP contribution in [0.2, 0.25) is 0 Å². The molecule has 3 aliphatic rings. The van der Waals surface area contributed by atoms with Gasteiger partial charge in [-0.15, -0.1) is 11.3 Å². The smallest absolute Gasteiger partial charge is 0.275 e. The molecule has 6 heterocycles. The number of rotatable bonds is 10. The van der Waals surface area contributed by atoms with Crippen molar-refractivity contribution < 1.29 is 28.7 Å². The van der Waals surface area contributed by atoms with Crippen LogP contribution in [0.1, 0.15) is 62.7 Å². The highest BCUT2D eigenvalue weighted by atomic mass is 79.9. The Morgan fingerprint density at radius 3 is 2.59 bits per heavy atom. The van der Waals surface area contributed by atoms with Crippen molar-refractivity contribution >= 4 is 61.7 Å². The predicted molar refractivity (Wildman–Crippen MR) is 202 cm³/mol. The summed E-state index contributed by atoms with van der Waals surface area (Å²) in [7, 11) is 2.10. The molecule has 14 nitrogen and oxygen atoms in total. The number of thiazole rings is 1. The van der Waals surface area contributed by atoms with Crippen molar-refractivity contribution in [2.75, 3.05) is 25.5 Å². The Labute approximate surface area is 321 Å². The van der Waals surface area contributed by atoms with Gasteiger partial charge in [-0.25, -0.2) is 4.98 Å². The van der Waals surface area contributed by atoms with Crippen molar-refractivity contribution in [1.29, 1.82) is 0 Å². The monoisotopic (exact) mass is 811 g/mol. The SMILES string of the molecule is CN1CC(Nc2nc3sccn3c(=O)c2Br)CC(c2ccc(OCc3ccc(COc4cccc5c4C(=O)N(C4CCC(=O)NC4=O)C5=O)nc3)cc2)C1. The van der Waals surface area contributed by atoms with Crippen molar-refractivity contribution in [3.63, 3.8) is 0 Å². The minimum atomic E-state index is -1.05. The number of hydrogen-bond donors (Lipinski definition) is 2. The highest BCUT2D eigenvalue weighted by Crippen LogP contribution is 2.34. The topological polar surface area (TPSA) is 165 Å². The Hall–Kier alpha value is -5.45. The van der Waals surface area contributed by atoms with Crippen LogP contribution < -0.4 is 25.7 Å². The second-order valence-electron chi connectivity index (χ2n) is 13.6. The van der Waals surface area contributed by atoms with E-state index in [4.69, 9.17) is 9.47 Å². The Morgan fingerprint density at radius 1 is 0.981 bits per heavy atom. The molecule has 3 aromatic heterocycles. The van der Waals surface area contributed by atoms with E-state index in [1.54, 1.807) is 30.6 Å². The Balaban J connectivity index is 0.851. The molecule has 54 heavy (non-hydrogen) atoms. The molecule has 0 radical (unpaired) electrons. The number of ether oxygens (including phenoxy) is 2. The van der Waals surface area contributed by atoms with Crippen molar-refractivity contribution in [2.45, 2.75) is 50.5 Å². The first-order valence-corrected chi connectivity index (χ1v) is 19.0. The lowest BCUT2D eigenvalue weighted by Crippen LogP contribution is -2.54. The number of pyridine rings is 1. The quantitative estimate of drug-likeness (QED) is 0.193. The van der Waals surface area contributed by atoms with Crippen LogP contribution in [0.15, 0.2) is 81.6 Å². The highest BCUT2D eigenvalue weighted by molar-refractivity contribution is 9.10. The summed E-state index contributed by atoms with van der Waals surface area (Å²) in [5.41, 5.74) is 2.76. The fourth-order valence-electron chi connectivity index (χ4n) is 7.20. The largest absolute Gasteiger partial charge is 0.489 e. The van der Waals surface area contributed by atoms with Crippen LogP contribution in [0, 0.1) is 0 Å². The first-order valence-electron chi connectivity index (χ1n) is 17.4. The molecule has 0 aliphatic carbocycles. The van der Waals surface area contributed by atoms with E-state index in [1.807, 2.05) is 23.6 Å². The number of carbonyl (C=O) groups is 4. The molecule has 2 fully saturated rings. The van der Waals surface area contributed by atoms with E-state index in [0.29, 0.717) is 27.6 Å². The van der Waals surface area contributed by atoms with E-state index < -0.39 is 29.7 Å². The van der Waals surface area contributed by atoms with E-state index in [9.17, 15) is 24.0 Å². The van der Waals surface area contributed by atoms with Crippen molar-refractivity contribution in [1.82, 2.24) is 29.5 Å². The summed E-state index contributed by atoms with van der Waals surface area (Å²) in [4.78, 5) is 76.2. The molecule has 2 N–H and O–H groups in total. The van der Waals surface area contributed by atoms with E-state index >= 15 is 0 Å². The second kappa shape index (κ2) is 14.8. The average Bonchev–Trinajstić information content (AvgIpc) is 3.74. The first-order chi connectivity index (χ1) is 26.1. The van der Waals surface area contributed by atoms with Crippen LogP contribution in [0.4, 0.5) is 5.82 Å². The maximum Gasteiger partial charge on any atom is 0.275 e. The van der Waals surface area contributed by atoms with Crippen LogP contribution in [-0.2, 0) is 22.8 Å². The molecule has 4 amide bonds. The Kier molecular flexibility index (Phi) is 9.72. The van der Waals surface area contributed by atoms with Crippen LogP contribution in [-0.4, -0.2) is 80.0 Å². The van der Waals surface area contributed by atoms with Crippen LogP contribution in [0.3, 0.4) is 0 Å². The summed E-state index contributed by atoms with van der Waals surface area (Å²) in [5, 5.41) is 7.56. The van der Waals surface area contributed by atoms with Crippen molar-refractivity contribution in [3.05, 3.63) is 115 Å². The van der Waals surface area contributed by atoms with E-state index in [2.05, 4.69) is 60.6 Å². The van der Waals surface area contributed by atoms with Gasteiger partial charge in [0.05, 0.1) is 16.8 Å². The molecule has 2 aromatic carbocycles. The van der Waals surface area contributed by atoms with Gasteiger partial charge >= 0.3 is 0 Å². The van der Waals surface area contributed by atoms with Gasteiger partial charge < -0.3 is 19.7 Å². The number of carbonyl (C=O) groups excluding carboxylic acids is 4. The minimum Gasteiger partial charge on any atom is -0.489 e. The molecule has 0 saturated carbocycles. The number of nitrogens with zero attached hydrogens (tertiary/aromatic N) is 5. The number of likely N-dealkylation sites (tertiary alicyclic amines) is 1. The molecular weight excluding hydrogens is 778 g/mol. The second-order valence-corrected chi connectivity index (χ2v) is 15.2. The lowest BCUT2D eigenvalue weighted by molar-refractivity contribution is -0.136. The molecule has 0 bridgehead atoms. The highest BCUT2D eigenvalue weighted by Gasteiger charge is 2.46. The maximum absolute atomic E-state index is 13.3. The number of hydrogen-bond acceptors (Lipinski definition) is 12. The Bertz CT molecular complexity index is 2350. The van der Waals surface area contributed by atoms with Gasteiger partial charge in [0.25, 0.3) is 17.4 Å². The number of halogens is 1. The van der Waals surface area contributed by atoms with Crippen LogP contribution in [0.25, 0.3) is 4.96 Å². The molecule has 276 valence electrons. The Morgan fingerprint density at radius 2 is 1.81 bits per heavy atom. The third-order valence-corrected chi connectivity index (χ3v) is 11.3. The van der Waals surface area contributed by atoms with Gasteiger partial charge in [0.15, 0.2) is 4.96 Å². The third-order valence-electron chi connectivity index (χ3n) is 9.83. The number of nitrogens with one attached hydrogen (secondary N) is 2. The van der Waals surface area contributed by atoms with Gasteiger partial charge in [-0.3, -0.25) is 43.6 Å². The summed E-state index contributed by atoms with van der Waals surface area (Å²) < 4.78 is 14.0. The van der Waals surface area contributed by atoms with Gasteiger partial charge in [0.1, 0.15) is 41.0 Å². The molecule has 8 rings (SSSR count). The fourth-order valence-corrected chi connectivity index (χ4v) is 8.30. The number of anilines is 1. The van der Waals surface area contributed by atoms with Gasteiger partial charge in [0, 0.05) is 48.9 Å². The van der Waals surface area contributed by atoms with E-state index in [1.165, 1.54) is 27.4 Å². The van der Waals surface area contributed by atoms with Gasteiger partial charge in [-0.2, -0.15) is 0 Å².